The number of benzene rings is 1. The molecule has 2 nitrogen and oxygen atoms in total. The van der Waals surface area contributed by atoms with Gasteiger partial charge in [0, 0.05) is 16.9 Å². The molecule has 18 heavy (non-hydrogen) atoms. The monoisotopic (exact) mass is 268 g/mol. The van der Waals surface area contributed by atoms with Gasteiger partial charge in [0.1, 0.15) is 11.6 Å². The molecular formula is C13H14F2N2S. The van der Waals surface area contributed by atoms with Crippen molar-refractivity contribution in [2.45, 2.75) is 26.7 Å². The van der Waals surface area contributed by atoms with E-state index in [0.717, 1.165) is 10.6 Å². The van der Waals surface area contributed by atoms with Gasteiger partial charge >= 0.3 is 0 Å². The molecule has 0 aliphatic carbocycles. The van der Waals surface area contributed by atoms with Crippen LogP contribution in [-0.4, -0.2) is 4.98 Å². The van der Waals surface area contributed by atoms with Crippen LogP contribution in [0.15, 0.2) is 12.1 Å². The third-order valence-corrected chi connectivity index (χ3v) is 3.77. The van der Waals surface area contributed by atoms with Crippen LogP contribution in [0.1, 0.15) is 28.6 Å². The van der Waals surface area contributed by atoms with E-state index in [1.807, 2.05) is 6.92 Å². The normalized spacial score (nSPS) is 10.9. The number of thiazole rings is 1. The molecule has 2 N–H and O–H groups in total. The van der Waals surface area contributed by atoms with Crippen molar-refractivity contribution in [1.82, 2.24) is 4.98 Å². The average Bonchev–Trinajstić information content (AvgIpc) is 2.70. The highest BCUT2D eigenvalue weighted by molar-refractivity contribution is 7.15. The molecule has 0 aliphatic heterocycles. The Labute approximate surface area is 108 Å². The molecule has 1 aromatic carbocycles. The van der Waals surface area contributed by atoms with Crippen LogP contribution in [0.4, 0.5) is 13.9 Å². The number of anilines is 1. The van der Waals surface area contributed by atoms with E-state index in [4.69, 9.17) is 5.73 Å². The van der Waals surface area contributed by atoms with E-state index in [1.54, 1.807) is 6.92 Å². The first kappa shape index (κ1) is 13.0. The lowest BCUT2D eigenvalue weighted by Crippen LogP contribution is -2.00. The lowest BCUT2D eigenvalue weighted by atomic mass is 10.0. The van der Waals surface area contributed by atoms with Crippen molar-refractivity contribution in [2.75, 3.05) is 5.73 Å². The summed E-state index contributed by atoms with van der Waals surface area (Å²) in [5, 5.41) is 0.440. The van der Waals surface area contributed by atoms with Gasteiger partial charge in [-0.15, -0.1) is 11.3 Å². The van der Waals surface area contributed by atoms with E-state index in [-0.39, 0.29) is 12.0 Å². The van der Waals surface area contributed by atoms with Crippen molar-refractivity contribution >= 4 is 16.5 Å². The third kappa shape index (κ3) is 2.36. The molecule has 0 fully saturated rings. The first-order chi connectivity index (χ1) is 8.52. The lowest BCUT2D eigenvalue weighted by Gasteiger charge is -2.06. The molecule has 2 aromatic rings. The fourth-order valence-corrected chi connectivity index (χ4v) is 2.79. The fraction of sp³-hybridized carbons (Fsp3) is 0.308. The summed E-state index contributed by atoms with van der Waals surface area (Å²) < 4.78 is 27.6. The minimum atomic E-state index is -0.521. The van der Waals surface area contributed by atoms with E-state index in [9.17, 15) is 8.78 Å². The van der Waals surface area contributed by atoms with Crippen molar-refractivity contribution in [3.05, 3.63) is 45.5 Å². The van der Waals surface area contributed by atoms with Gasteiger partial charge in [-0.05, 0) is 25.0 Å². The lowest BCUT2D eigenvalue weighted by molar-refractivity contribution is 0.556. The number of hydrogen-bond donors (Lipinski definition) is 1. The van der Waals surface area contributed by atoms with Gasteiger partial charge in [0.25, 0.3) is 0 Å². The van der Waals surface area contributed by atoms with Crippen molar-refractivity contribution in [1.29, 1.82) is 0 Å². The molecule has 0 spiro atoms. The summed E-state index contributed by atoms with van der Waals surface area (Å²) in [6.45, 7) is 3.57. The van der Waals surface area contributed by atoms with Gasteiger partial charge in [-0.1, -0.05) is 13.0 Å². The molecule has 1 aromatic heterocycles. The molecule has 0 amide bonds. The molecule has 0 saturated carbocycles. The minimum absolute atomic E-state index is 0.0911. The zero-order valence-electron chi connectivity index (χ0n) is 10.3. The predicted octanol–water partition coefficient (Wildman–Crippen LogP) is 3.47. The number of hydrogen-bond acceptors (Lipinski definition) is 3. The van der Waals surface area contributed by atoms with Crippen molar-refractivity contribution in [3.8, 4) is 0 Å². The highest BCUT2D eigenvalue weighted by Crippen LogP contribution is 2.27. The summed E-state index contributed by atoms with van der Waals surface area (Å²) in [4.78, 5) is 4.99. The van der Waals surface area contributed by atoms with Gasteiger partial charge in [-0.25, -0.2) is 13.8 Å². The molecular weight excluding hydrogens is 254 g/mol. The van der Waals surface area contributed by atoms with Crippen LogP contribution in [-0.2, 0) is 12.8 Å². The summed E-state index contributed by atoms with van der Waals surface area (Å²) in [6.07, 6.45) is 0.912. The van der Waals surface area contributed by atoms with Gasteiger partial charge in [-0.3, -0.25) is 0 Å². The Morgan fingerprint density at radius 2 is 2.06 bits per heavy atom. The van der Waals surface area contributed by atoms with Gasteiger partial charge < -0.3 is 5.73 Å². The Bertz CT molecular complexity index is 579. The van der Waals surface area contributed by atoms with Crippen LogP contribution in [0, 0.1) is 18.6 Å². The maximum Gasteiger partial charge on any atom is 0.180 e. The number of rotatable bonds is 3. The van der Waals surface area contributed by atoms with Crippen LogP contribution in [0.2, 0.25) is 0 Å². The molecule has 5 heteroatoms. The molecule has 0 atom stereocenters. The molecule has 0 radical (unpaired) electrons. The summed E-state index contributed by atoms with van der Waals surface area (Å²) in [5.74, 6) is -1.00. The number of aromatic nitrogens is 1. The number of nitrogens with two attached hydrogens (primary N) is 1. The number of aryl methyl sites for hydroxylation is 2. The second-order valence-electron chi connectivity index (χ2n) is 4.11. The highest BCUT2D eigenvalue weighted by Gasteiger charge is 2.16. The number of nitrogens with zero attached hydrogens (tertiary/aromatic N) is 1. The third-order valence-electron chi connectivity index (χ3n) is 2.85. The molecule has 0 aliphatic rings. The quantitative estimate of drug-likeness (QED) is 0.925. The molecule has 0 unspecified atom stereocenters. The van der Waals surface area contributed by atoms with Gasteiger partial charge in [0.15, 0.2) is 5.13 Å². The van der Waals surface area contributed by atoms with Crippen LogP contribution < -0.4 is 5.73 Å². The Hall–Kier alpha value is -1.49. The first-order valence-corrected chi connectivity index (χ1v) is 6.52. The zero-order valence-corrected chi connectivity index (χ0v) is 11.1. The van der Waals surface area contributed by atoms with Gasteiger partial charge in [0.2, 0.25) is 0 Å². The average molecular weight is 268 g/mol. The van der Waals surface area contributed by atoms with E-state index in [1.165, 1.54) is 23.5 Å². The molecule has 0 bridgehead atoms. The van der Waals surface area contributed by atoms with E-state index < -0.39 is 11.6 Å². The Morgan fingerprint density at radius 1 is 1.33 bits per heavy atom. The smallest absolute Gasteiger partial charge is 0.180 e. The first-order valence-electron chi connectivity index (χ1n) is 5.70. The van der Waals surface area contributed by atoms with Crippen molar-refractivity contribution in [3.63, 3.8) is 0 Å². The summed E-state index contributed by atoms with van der Waals surface area (Å²) in [6, 6.07) is 2.74. The highest BCUT2D eigenvalue weighted by atomic mass is 32.1. The van der Waals surface area contributed by atoms with Crippen LogP contribution in [0.25, 0.3) is 0 Å². The van der Waals surface area contributed by atoms with E-state index in [2.05, 4.69) is 4.98 Å². The van der Waals surface area contributed by atoms with Crippen LogP contribution >= 0.6 is 11.3 Å². The van der Waals surface area contributed by atoms with Crippen molar-refractivity contribution < 1.29 is 8.78 Å². The largest absolute Gasteiger partial charge is 0.375 e. The zero-order chi connectivity index (χ0) is 13.3. The summed E-state index contributed by atoms with van der Waals surface area (Å²) >= 11 is 1.29. The second kappa shape index (κ2) is 5.02. The van der Waals surface area contributed by atoms with E-state index in [0.29, 0.717) is 17.1 Å². The Kier molecular flexibility index (Phi) is 3.61. The van der Waals surface area contributed by atoms with Gasteiger partial charge in [0.05, 0.1) is 5.69 Å². The molecule has 2 rings (SSSR count). The van der Waals surface area contributed by atoms with E-state index >= 15 is 0 Å². The topological polar surface area (TPSA) is 38.9 Å². The fourth-order valence-electron chi connectivity index (χ4n) is 1.86. The summed E-state index contributed by atoms with van der Waals surface area (Å²) in [5.41, 5.74) is 6.99. The van der Waals surface area contributed by atoms with Crippen LogP contribution in [0.5, 0.6) is 0 Å². The number of halogens is 2. The molecule has 96 valence electrons. The SMILES string of the molecule is CCc1nc(N)sc1Cc1c(F)ccc(C)c1F. The maximum atomic E-state index is 13.9. The summed E-state index contributed by atoms with van der Waals surface area (Å²) in [7, 11) is 0. The van der Waals surface area contributed by atoms with Crippen LogP contribution in [0.3, 0.4) is 0 Å². The van der Waals surface area contributed by atoms with Crippen molar-refractivity contribution in [2.24, 2.45) is 0 Å². The Balaban J connectivity index is 2.42. The standard InChI is InChI=1S/C13H14F2N2S/c1-3-10-11(18-13(16)17-10)6-8-9(14)5-4-7(2)12(8)15/h4-5H,3,6H2,1-2H3,(H2,16,17). The second-order valence-corrected chi connectivity index (χ2v) is 5.22. The maximum absolute atomic E-state index is 13.9. The Morgan fingerprint density at radius 3 is 2.72 bits per heavy atom. The molecule has 1 heterocycles. The van der Waals surface area contributed by atoms with Gasteiger partial charge in [-0.2, -0.15) is 0 Å². The number of nitrogen functional groups attached to an aromatic ring is 1. The minimum Gasteiger partial charge on any atom is -0.375 e. The molecule has 0 saturated heterocycles. The predicted molar refractivity (Wildman–Crippen MR) is 69.8 cm³/mol.